The molecule has 0 aliphatic heterocycles. The second kappa shape index (κ2) is 2.53. The van der Waals surface area contributed by atoms with E-state index >= 15 is 0 Å². The first-order valence-electron chi connectivity index (χ1n) is 4.62. The molecule has 0 saturated heterocycles. The first kappa shape index (κ1) is 9.16. The van der Waals surface area contributed by atoms with Crippen molar-refractivity contribution in [2.75, 3.05) is 0 Å². The van der Waals surface area contributed by atoms with Crippen molar-refractivity contribution in [3.8, 4) is 0 Å². The Bertz CT molecular complexity index is 149. The highest BCUT2D eigenvalue weighted by Gasteiger charge is 2.52. The van der Waals surface area contributed by atoms with E-state index in [-0.39, 0.29) is 8.41 Å². The predicted octanol–water partition coefficient (Wildman–Crippen LogP) is 2.70. The molecule has 0 N–H and O–H groups in total. The first-order valence-corrected chi connectivity index (χ1v) is 4.62. The average Bonchev–Trinajstić information content (AvgIpc) is 1.87. The Morgan fingerprint density at radius 3 is 2.09 bits per heavy atom. The van der Waals surface area contributed by atoms with E-state index in [9.17, 15) is 0 Å². The SMILES string of the molecule is CC1CCC2CC1C2(C)C.[B]. The molecule has 0 spiro atoms. The van der Waals surface area contributed by atoms with Crippen molar-refractivity contribution in [3.05, 3.63) is 0 Å². The van der Waals surface area contributed by atoms with Crippen LogP contribution in [-0.4, -0.2) is 8.41 Å². The Labute approximate surface area is 72.3 Å². The van der Waals surface area contributed by atoms with Crippen LogP contribution in [0.2, 0.25) is 0 Å². The molecular weight excluding hydrogens is 131 g/mol. The highest BCUT2D eigenvalue weighted by Crippen LogP contribution is 2.61. The van der Waals surface area contributed by atoms with Crippen molar-refractivity contribution in [2.45, 2.75) is 40.0 Å². The molecule has 3 radical (unpaired) electrons. The lowest BCUT2D eigenvalue weighted by atomic mass is 9.46. The minimum Gasteiger partial charge on any atom is -0.0622 e. The normalized spacial score (nSPS) is 45.5. The third-order valence-corrected chi connectivity index (χ3v) is 4.20. The fourth-order valence-corrected chi connectivity index (χ4v) is 3.18. The minimum atomic E-state index is 0. The molecule has 0 nitrogen and oxygen atoms in total. The van der Waals surface area contributed by atoms with Crippen LogP contribution in [0.25, 0.3) is 0 Å². The number of hydrogen-bond acceptors (Lipinski definition) is 0. The zero-order valence-corrected chi connectivity index (χ0v) is 7.93. The van der Waals surface area contributed by atoms with Gasteiger partial charge in [0.05, 0.1) is 0 Å². The van der Waals surface area contributed by atoms with Crippen LogP contribution >= 0.6 is 0 Å². The summed E-state index contributed by atoms with van der Waals surface area (Å²) in [7, 11) is 0. The summed E-state index contributed by atoms with van der Waals surface area (Å²) in [6.45, 7) is 7.35. The van der Waals surface area contributed by atoms with Gasteiger partial charge < -0.3 is 0 Å². The fraction of sp³-hybridized carbons (Fsp3) is 1.00. The molecule has 3 saturated carbocycles. The van der Waals surface area contributed by atoms with Crippen LogP contribution in [0.5, 0.6) is 0 Å². The third-order valence-electron chi connectivity index (χ3n) is 4.20. The van der Waals surface area contributed by atoms with Crippen molar-refractivity contribution >= 4 is 8.41 Å². The van der Waals surface area contributed by atoms with Gasteiger partial charge in [0, 0.05) is 8.41 Å². The van der Waals surface area contributed by atoms with E-state index < -0.39 is 0 Å². The van der Waals surface area contributed by atoms with Gasteiger partial charge in [-0.3, -0.25) is 0 Å². The van der Waals surface area contributed by atoms with Gasteiger partial charge in [0.1, 0.15) is 0 Å². The van der Waals surface area contributed by atoms with Crippen molar-refractivity contribution in [3.63, 3.8) is 0 Å². The van der Waals surface area contributed by atoms with Gasteiger partial charge in [-0.05, 0) is 36.0 Å². The molecule has 0 heterocycles. The molecule has 61 valence electrons. The molecule has 0 aromatic rings. The van der Waals surface area contributed by atoms with Gasteiger partial charge >= 0.3 is 0 Å². The van der Waals surface area contributed by atoms with Crippen LogP contribution in [-0.2, 0) is 0 Å². The first-order chi connectivity index (χ1) is 4.62. The molecule has 1 heteroatoms. The summed E-state index contributed by atoms with van der Waals surface area (Å²) in [5.74, 6) is 3.15. The number of rotatable bonds is 0. The van der Waals surface area contributed by atoms with Gasteiger partial charge in [-0.2, -0.15) is 0 Å². The van der Waals surface area contributed by atoms with Crippen LogP contribution in [0.1, 0.15) is 40.0 Å². The van der Waals surface area contributed by atoms with Crippen molar-refractivity contribution in [1.82, 2.24) is 0 Å². The van der Waals surface area contributed by atoms with Gasteiger partial charge in [-0.25, -0.2) is 0 Å². The van der Waals surface area contributed by atoms with Gasteiger partial charge in [0.2, 0.25) is 0 Å². The standard InChI is InChI=1S/C10H18.B/c1-7-4-5-8-6-9(7)10(8,2)3;/h7-9H,4-6H2,1-3H3;. The van der Waals surface area contributed by atoms with E-state index in [0.717, 1.165) is 17.8 Å². The Balaban J connectivity index is 0.000000605. The largest absolute Gasteiger partial charge is 0.0622 e. The lowest BCUT2D eigenvalue weighted by molar-refractivity contribution is -0.0988. The van der Waals surface area contributed by atoms with E-state index in [1.165, 1.54) is 19.3 Å². The molecule has 3 unspecified atom stereocenters. The summed E-state index contributed by atoms with van der Waals surface area (Å²) in [4.78, 5) is 0. The second-order valence-electron chi connectivity index (χ2n) is 4.92. The molecule has 3 fully saturated rings. The summed E-state index contributed by atoms with van der Waals surface area (Å²) in [5, 5.41) is 0. The van der Waals surface area contributed by atoms with Gasteiger partial charge in [0.25, 0.3) is 0 Å². The molecule has 11 heavy (non-hydrogen) atoms. The topological polar surface area (TPSA) is 0 Å². The maximum atomic E-state index is 2.46. The zero-order valence-electron chi connectivity index (χ0n) is 7.93. The molecule has 3 aliphatic rings. The zero-order chi connectivity index (χ0) is 7.35. The molecule has 0 aromatic heterocycles. The summed E-state index contributed by atoms with van der Waals surface area (Å²) < 4.78 is 0. The molecule has 0 amide bonds. The van der Waals surface area contributed by atoms with Crippen LogP contribution in [0.3, 0.4) is 0 Å². The predicted molar refractivity (Wildman–Crippen MR) is 49.5 cm³/mol. The third kappa shape index (κ3) is 1.04. The lowest BCUT2D eigenvalue weighted by Gasteiger charge is -2.59. The summed E-state index contributed by atoms with van der Waals surface area (Å²) >= 11 is 0. The van der Waals surface area contributed by atoms with Crippen LogP contribution in [0.15, 0.2) is 0 Å². The molecular formula is C10H18B. The monoisotopic (exact) mass is 149 g/mol. The summed E-state index contributed by atoms with van der Waals surface area (Å²) in [5.41, 5.74) is 0.706. The van der Waals surface area contributed by atoms with E-state index in [1.54, 1.807) is 0 Å². The van der Waals surface area contributed by atoms with Crippen molar-refractivity contribution < 1.29 is 0 Å². The maximum Gasteiger partial charge on any atom is 0 e. The smallest absolute Gasteiger partial charge is 0 e. The lowest BCUT2D eigenvalue weighted by Crippen LogP contribution is -2.51. The van der Waals surface area contributed by atoms with Crippen molar-refractivity contribution in [2.24, 2.45) is 23.2 Å². The van der Waals surface area contributed by atoms with E-state index in [4.69, 9.17) is 0 Å². The Kier molecular flexibility index (Phi) is 2.11. The van der Waals surface area contributed by atoms with E-state index in [2.05, 4.69) is 20.8 Å². The Hall–Kier alpha value is 0.0649. The van der Waals surface area contributed by atoms with Gasteiger partial charge in [-0.1, -0.05) is 27.2 Å². The quantitative estimate of drug-likeness (QED) is 0.464. The van der Waals surface area contributed by atoms with Crippen LogP contribution in [0, 0.1) is 23.2 Å². The molecule has 2 bridgehead atoms. The van der Waals surface area contributed by atoms with Crippen LogP contribution < -0.4 is 0 Å². The molecule has 3 rings (SSSR count). The number of fused-ring (bicyclic) bond motifs is 2. The van der Waals surface area contributed by atoms with Gasteiger partial charge in [0.15, 0.2) is 0 Å². The Morgan fingerprint density at radius 1 is 1.18 bits per heavy atom. The summed E-state index contributed by atoms with van der Waals surface area (Å²) in [6, 6.07) is 0. The maximum absolute atomic E-state index is 2.46. The minimum absolute atomic E-state index is 0. The fourth-order valence-electron chi connectivity index (χ4n) is 3.18. The van der Waals surface area contributed by atoms with E-state index in [0.29, 0.717) is 5.41 Å². The number of hydrogen-bond donors (Lipinski definition) is 0. The Morgan fingerprint density at radius 2 is 1.82 bits per heavy atom. The van der Waals surface area contributed by atoms with Crippen molar-refractivity contribution in [1.29, 1.82) is 0 Å². The molecule has 0 aromatic carbocycles. The summed E-state index contributed by atoms with van der Waals surface area (Å²) in [6.07, 6.45) is 4.54. The molecule has 3 aliphatic carbocycles. The van der Waals surface area contributed by atoms with Crippen LogP contribution in [0.4, 0.5) is 0 Å². The molecule has 3 atom stereocenters. The second-order valence-corrected chi connectivity index (χ2v) is 4.92. The van der Waals surface area contributed by atoms with E-state index in [1.807, 2.05) is 0 Å². The van der Waals surface area contributed by atoms with Gasteiger partial charge in [-0.15, -0.1) is 0 Å². The average molecular weight is 149 g/mol. The highest BCUT2D eigenvalue weighted by molar-refractivity contribution is 5.75. The highest BCUT2D eigenvalue weighted by atomic mass is 14.6.